The fraction of sp³-hybridized carbons (Fsp3) is 0.474. The van der Waals surface area contributed by atoms with E-state index in [9.17, 15) is 9.90 Å². The fourth-order valence-electron chi connectivity index (χ4n) is 3.19. The standard InChI is InChI=1S/C19H23BClNO4/c1-11-7-6-8-12-9-13(17(21)22-16(11)12)14(10-15(23)24)20-25-18(2,3)19(4,5)26-20/h6-9,14H,10H2,1-5H3,(H,23,24). The van der Waals surface area contributed by atoms with Crippen LogP contribution in [0.4, 0.5) is 0 Å². The van der Waals surface area contributed by atoms with Crippen molar-refractivity contribution in [3.05, 3.63) is 40.5 Å². The zero-order chi connectivity index (χ0) is 19.3. The molecule has 0 amide bonds. The number of halogens is 1. The largest absolute Gasteiger partial charge is 0.481 e. The Bertz CT molecular complexity index is 852. The Hall–Kier alpha value is -1.63. The molecule has 26 heavy (non-hydrogen) atoms. The highest BCUT2D eigenvalue weighted by atomic mass is 35.5. The molecule has 1 aliphatic heterocycles. The number of aryl methyl sites for hydroxylation is 1. The predicted octanol–water partition coefficient (Wildman–Crippen LogP) is 4.39. The lowest BCUT2D eigenvalue weighted by molar-refractivity contribution is -0.137. The average Bonchev–Trinajstić information content (AvgIpc) is 2.73. The van der Waals surface area contributed by atoms with Gasteiger partial charge in [-0.2, -0.15) is 0 Å². The van der Waals surface area contributed by atoms with Gasteiger partial charge in [0.15, 0.2) is 0 Å². The van der Waals surface area contributed by atoms with Crippen LogP contribution in [0.2, 0.25) is 5.15 Å². The Morgan fingerprint density at radius 2 is 1.88 bits per heavy atom. The molecule has 138 valence electrons. The molecule has 1 fully saturated rings. The van der Waals surface area contributed by atoms with Crippen molar-refractivity contribution in [2.75, 3.05) is 0 Å². The van der Waals surface area contributed by atoms with E-state index in [2.05, 4.69) is 4.98 Å². The molecule has 5 nitrogen and oxygen atoms in total. The van der Waals surface area contributed by atoms with Crippen LogP contribution in [0, 0.1) is 6.92 Å². The van der Waals surface area contributed by atoms with Crippen molar-refractivity contribution in [2.45, 2.75) is 58.1 Å². The first-order valence-electron chi connectivity index (χ1n) is 8.65. The van der Waals surface area contributed by atoms with Crippen LogP contribution in [0.25, 0.3) is 10.9 Å². The number of fused-ring (bicyclic) bond motifs is 1. The number of hydrogen-bond acceptors (Lipinski definition) is 4. The van der Waals surface area contributed by atoms with Gasteiger partial charge in [-0.1, -0.05) is 29.8 Å². The molecular weight excluding hydrogens is 352 g/mol. The molecule has 7 heteroatoms. The third-order valence-electron chi connectivity index (χ3n) is 5.42. The van der Waals surface area contributed by atoms with E-state index in [1.54, 1.807) is 0 Å². The molecule has 0 spiro atoms. The summed E-state index contributed by atoms with van der Waals surface area (Å²) in [5, 5.41) is 10.6. The number of pyridine rings is 1. The second-order valence-electron chi connectivity index (χ2n) is 7.84. The average molecular weight is 376 g/mol. The summed E-state index contributed by atoms with van der Waals surface area (Å²) in [5.74, 6) is -1.50. The van der Waals surface area contributed by atoms with Crippen molar-refractivity contribution in [2.24, 2.45) is 0 Å². The van der Waals surface area contributed by atoms with E-state index >= 15 is 0 Å². The number of rotatable bonds is 4. The van der Waals surface area contributed by atoms with Gasteiger partial charge in [0, 0.05) is 11.2 Å². The molecular formula is C19H23BClNO4. The van der Waals surface area contributed by atoms with Crippen LogP contribution in [-0.4, -0.2) is 34.4 Å². The number of nitrogens with zero attached hydrogens (tertiary/aromatic N) is 1. The minimum Gasteiger partial charge on any atom is -0.481 e. The lowest BCUT2D eigenvalue weighted by atomic mass is 9.66. The minimum atomic E-state index is -0.940. The second kappa shape index (κ2) is 6.52. The second-order valence-corrected chi connectivity index (χ2v) is 8.20. The number of hydrogen-bond donors (Lipinski definition) is 1. The normalized spacial score (nSPS) is 19.7. The van der Waals surface area contributed by atoms with Crippen LogP contribution < -0.4 is 0 Å². The molecule has 0 bridgehead atoms. The lowest BCUT2D eigenvalue weighted by Gasteiger charge is -2.32. The number of carbonyl (C=O) groups is 1. The van der Waals surface area contributed by atoms with Crippen molar-refractivity contribution < 1.29 is 19.2 Å². The van der Waals surface area contributed by atoms with Crippen LogP contribution in [-0.2, 0) is 14.1 Å². The molecule has 1 aromatic heterocycles. The van der Waals surface area contributed by atoms with Crippen molar-refractivity contribution in [3.63, 3.8) is 0 Å². The maximum Gasteiger partial charge on any atom is 0.466 e. The summed E-state index contributed by atoms with van der Waals surface area (Å²) in [4.78, 5) is 16.0. The van der Waals surface area contributed by atoms with Crippen LogP contribution >= 0.6 is 11.6 Å². The van der Waals surface area contributed by atoms with Gasteiger partial charge >= 0.3 is 13.1 Å². The number of carboxylic acid groups (broad SMARTS) is 1. The molecule has 0 aliphatic carbocycles. The molecule has 1 N–H and O–H groups in total. The Morgan fingerprint density at radius 1 is 1.27 bits per heavy atom. The maximum absolute atomic E-state index is 11.5. The van der Waals surface area contributed by atoms with E-state index in [1.165, 1.54) is 0 Å². The summed E-state index contributed by atoms with van der Waals surface area (Å²) in [7, 11) is -0.711. The number of aliphatic carboxylic acids is 1. The van der Waals surface area contributed by atoms with E-state index in [-0.39, 0.29) is 11.6 Å². The molecule has 3 rings (SSSR count). The topological polar surface area (TPSA) is 68.7 Å². The molecule has 1 aromatic carbocycles. The number of benzene rings is 1. The summed E-state index contributed by atoms with van der Waals surface area (Å²) in [5.41, 5.74) is 1.35. The maximum atomic E-state index is 11.5. The molecule has 1 atom stereocenters. The van der Waals surface area contributed by atoms with E-state index in [0.717, 1.165) is 16.5 Å². The van der Waals surface area contributed by atoms with Gasteiger partial charge in [-0.3, -0.25) is 4.79 Å². The highest BCUT2D eigenvalue weighted by Gasteiger charge is 2.54. The predicted molar refractivity (Wildman–Crippen MR) is 103 cm³/mol. The number of para-hydroxylation sites is 1. The summed E-state index contributed by atoms with van der Waals surface area (Å²) in [6.07, 6.45) is -0.157. The van der Waals surface area contributed by atoms with Crippen molar-refractivity contribution in [1.82, 2.24) is 4.98 Å². The Labute approximate surface area is 158 Å². The monoisotopic (exact) mass is 375 g/mol. The van der Waals surface area contributed by atoms with Gasteiger partial charge in [0.25, 0.3) is 0 Å². The minimum absolute atomic E-state index is 0.157. The molecule has 2 heterocycles. The summed E-state index contributed by atoms with van der Waals surface area (Å²) in [6, 6.07) is 7.75. The van der Waals surface area contributed by atoms with Crippen LogP contribution in [0.5, 0.6) is 0 Å². The molecule has 1 aliphatic rings. The first kappa shape index (κ1) is 19.1. The smallest absolute Gasteiger partial charge is 0.466 e. The zero-order valence-corrected chi connectivity index (χ0v) is 16.4. The van der Waals surface area contributed by atoms with Gasteiger partial charge in [-0.15, -0.1) is 0 Å². The third-order valence-corrected chi connectivity index (χ3v) is 5.72. The zero-order valence-electron chi connectivity index (χ0n) is 15.7. The first-order chi connectivity index (χ1) is 12.0. The summed E-state index contributed by atoms with van der Waals surface area (Å²) < 4.78 is 12.2. The van der Waals surface area contributed by atoms with Gasteiger partial charge in [0.05, 0.1) is 23.1 Å². The van der Waals surface area contributed by atoms with E-state index in [4.69, 9.17) is 20.9 Å². The molecule has 2 aromatic rings. The van der Waals surface area contributed by atoms with Gasteiger partial charge in [-0.25, -0.2) is 4.98 Å². The summed E-state index contributed by atoms with van der Waals surface area (Å²) in [6.45, 7) is 9.72. The van der Waals surface area contributed by atoms with Crippen LogP contribution in [0.1, 0.15) is 51.1 Å². The van der Waals surface area contributed by atoms with Gasteiger partial charge in [-0.05, 0) is 51.8 Å². The number of carboxylic acids is 1. The Balaban J connectivity index is 2.08. The van der Waals surface area contributed by atoms with E-state index in [1.807, 2.05) is 58.9 Å². The SMILES string of the molecule is Cc1cccc2cc(C(CC(=O)O)B3OC(C)(C)C(C)(C)O3)c(Cl)nc12. The molecule has 0 radical (unpaired) electrons. The summed E-state index contributed by atoms with van der Waals surface area (Å²) >= 11 is 6.46. The van der Waals surface area contributed by atoms with Crippen molar-refractivity contribution in [3.8, 4) is 0 Å². The van der Waals surface area contributed by atoms with Crippen molar-refractivity contribution >= 4 is 35.6 Å². The van der Waals surface area contributed by atoms with Crippen LogP contribution in [0.3, 0.4) is 0 Å². The fourth-order valence-corrected chi connectivity index (χ4v) is 3.47. The van der Waals surface area contributed by atoms with Crippen LogP contribution in [0.15, 0.2) is 24.3 Å². The highest BCUT2D eigenvalue weighted by molar-refractivity contribution is 6.48. The van der Waals surface area contributed by atoms with Gasteiger partial charge < -0.3 is 14.4 Å². The third kappa shape index (κ3) is 3.33. The molecule has 1 saturated heterocycles. The number of aromatic nitrogens is 1. The Morgan fingerprint density at radius 3 is 2.46 bits per heavy atom. The lowest BCUT2D eigenvalue weighted by Crippen LogP contribution is -2.41. The quantitative estimate of drug-likeness (QED) is 0.634. The Kier molecular flexibility index (Phi) is 4.80. The first-order valence-corrected chi connectivity index (χ1v) is 9.03. The molecule has 1 unspecified atom stereocenters. The highest BCUT2D eigenvalue weighted by Crippen LogP contribution is 2.43. The van der Waals surface area contributed by atoms with E-state index in [0.29, 0.717) is 5.56 Å². The van der Waals surface area contributed by atoms with E-state index < -0.39 is 30.1 Å². The van der Waals surface area contributed by atoms with Crippen molar-refractivity contribution in [1.29, 1.82) is 0 Å². The van der Waals surface area contributed by atoms with Gasteiger partial charge in [0.1, 0.15) is 5.15 Å². The molecule has 0 saturated carbocycles. The van der Waals surface area contributed by atoms with Gasteiger partial charge in [0.2, 0.25) is 0 Å².